The van der Waals surface area contributed by atoms with Gasteiger partial charge >= 0.3 is 0 Å². The molecule has 0 aliphatic rings. The van der Waals surface area contributed by atoms with E-state index in [1.54, 1.807) is 0 Å². The molecule has 0 unspecified atom stereocenters. The summed E-state index contributed by atoms with van der Waals surface area (Å²) in [7, 11) is 5.61. The van der Waals surface area contributed by atoms with Gasteiger partial charge in [-0.3, -0.25) is 0 Å². The van der Waals surface area contributed by atoms with Crippen molar-refractivity contribution >= 4 is 18.7 Å². The molecular formula is C14H18BN. The van der Waals surface area contributed by atoms with Crippen molar-refractivity contribution in [2.45, 2.75) is 39.1 Å². The predicted octanol–water partition coefficient (Wildman–Crippen LogP) is 3.53. The van der Waals surface area contributed by atoms with Gasteiger partial charge in [-0.15, -0.1) is 0 Å². The van der Waals surface area contributed by atoms with Crippen LogP contribution in [0, 0.1) is 0 Å². The van der Waals surface area contributed by atoms with Gasteiger partial charge in [0, 0.05) is 23.6 Å². The van der Waals surface area contributed by atoms with Crippen LogP contribution < -0.4 is 0 Å². The fourth-order valence-corrected chi connectivity index (χ4v) is 2.21. The van der Waals surface area contributed by atoms with Gasteiger partial charge in [0.25, 0.3) is 0 Å². The molecule has 0 aliphatic carbocycles. The number of hydrogen-bond acceptors (Lipinski definition) is 0. The molecule has 2 radical (unpaired) electrons. The fourth-order valence-electron chi connectivity index (χ4n) is 2.21. The van der Waals surface area contributed by atoms with Crippen molar-refractivity contribution < 1.29 is 0 Å². The standard InChI is InChI=1S/C14H18BN/c1-14(2,3)12-5-4-6-13-11(12)7-9-16(13)10-8-15/h4-7,9H,8,10H2,1-3H3. The largest absolute Gasteiger partial charge is 0.348 e. The van der Waals surface area contributed by atoms with E-state index >= 15 is 0 Å². The highest BCUT2D eigenvalue weighted by atomic mass is 14.9. The Labute approximate surface area is 98.9 Å². The highest BCUT2D eigenvalue weighted by Crippen LogP contribution is 2.30. The normalized spacial score (nSPS) is 12.2. The van der Waals surface area contributed by atoms with Crippen molar-refractivity contribution in [3.63, 3.8) is 0 Å². The Kier molecular flexibility index (Phi) is 2.83. The van der Waals surface area contributed by atoms with Gasteiger partial charge in [-0.1, -0.05) is 39.2 Å². The third-order valence-corrected chi connectivity index (χ3v) is 2.99. The van der Waals surface area contributed by atoms with Crippen LogP contribution in [0.15, 0.2) is 30.5 Å². The predicted molar refractivity (Wildman–Crippen MR) is 71.2 cm³/mol. The minimum absolute atomic E-state index is 0.189. The van der Waals surface area contributed by atoms with Crippen molar-refractivity contribution in [3.8, 4) is 0 Å². The van der Waals surface area contributed by atoms with E-state index in [1.807, 2.05) is 0 Å². The number of benzene rings is 1. The van der Waals surface area contributed by atoms with E-state index in [1.165, 1.54) is 16.5 Å². The molecular weight excluding hydrogens is 193 g/mol. The minimum Gasteiger partial charge on any atom is -0.348 e. The topological polar surface area (TPSA) is 4.93 Å². The molecule has 0 amide bonds. The number of aryl methyl sites for hydroxylation is 1. The second kappa shape index (κ2) is 4.01. The third kappa shape index (κ3) is 1.89. The van der Waals surface area contributed by atoms with Crippen molar-refractivity contribution in [1.29, 1.82) is 0 Å². The summed E-state index contributed by atoms with van der Waals surface area (Å²) in [5.41, 5.74) is 2.88. The lowest BCUT2D eigenvalue weighted by Crippen LogP contribution is -2.11. The van der Waals surface area contributed by atoms with Crippen LogP contribution in [0.4, 0.5) is 0 Å². The molecule has 2 aromatic rings. The molecule has 0 N–H and O–H groups in total. The van der Waals surface area contributed by atoms with Gasteiger partial charge < -0.3 is 4.57 Å². The maximum Gasteiger partial charge on any atom is 0.0677 e. The Morgan fingerprint density at radius 2 is 1.94 bits per heavy atom. The number of aromatic nitrogens is 1. The van der Waals surface area contributed by atoms with Crippen LogP contribution >= 0.6 is 0 Å². The second-order valence-electron chi connectivity index (χ2n) is 5.29. The molecule has 16 heavy (non-hydrogen) atoms. The first-order chi connectivity index (χ1) is 7.54. The first-order valence-corrected chi connectivity index (χ1v) is 5.82. The first kappa shape index (κ1) is 11.3. The Morgan fingerprint density at radius 1 is 1.19 bits per heavy atom. The summed E-state index contributed by atoms with van der Waals surface area (Å²) in [6, 6.07) is 8.72. The van der Waals surface area contributed by atoms with Crippen molar-refractivity contribution in [2.75, 3.05) is 0 Å². The van der Waals surface area contributed by atoms with E-state index in [9.17, 15) is 0 Å². The van der Waals surface area contributed by atoms with Gasteiger partial charge in [0.15, 0.2) is 0 Å². The lowest BCUT2D eigenvalue weighted by atomic mass is 9.85. The summed E-state index contributed by atoms with van der Waals surface area (Å²) in [4.78, 5) is 0. The summed E-state index contributed by atoms with van der Waals surface area (Å²) in [5.74, 6) is 0. The van der Waals surface area contributed by atoms with Crippen LogP contribution in [0.3, 0.4) is 0 Å². The number of nitrogens with zero attached hydrogens (tertiary/aromatic N) is 1. The van der Waals surface area contributed by atoms with E-state index in [0.717, 1.165) is 6.54 Å². The monoisotopic (exact) mass is 211 g/mol. The van der Waals surface area contributed by atoms with Crippen LogP contribution in [0.5, 0.6) is 0 Å². The van der Waals surface area contributed by atoms with Crippen molar-refractivity contribution in [1.82, 2.24) is 4.57 Å². The van der Waals surface area contributed by atoms with Gasteiger partial charge in [-0.25, -0.2) is 0 Å². The van der Waals surface area contributed by atoms with E-state index in [2.05, 4.69) is 55.8 Å². The van der Waals surface area contributed by atoms with Crippen LogP contribution in [0.2, 0.25) is 6.32 Å². The van der Waals surface area contributed by atoms with Gasteiger partial charge in [-0.05, 0) is 23.1 Å². The highest BCUT2D eigenvalue weighted by molar-refractivity contribution is 6.08. The maximum absolute atomic E-state index is 5.61. The third-order valence-electron chi connectivity index (χ3n) is 2.99. The SMILES string of the molecule is [B]CCn1ccc2c(C(C)(C)C)cccc21. The van der Waals surface area contributed by atoms with Crippen molar-refractivity contribution in [3.05, 3.63) is 36.0 Å². The van der Waals surface area contributed by atoms with E-state index in [0.29, 0.717) is 6.32 Å². The molecule has 1 aromatic carbocycles. The maximum atomic E-state index is 5.61. The Balaban J connectivity index is 2.62. The molecule has 1 heterocycles. The van der Waals surface area contributed by atoms with E-state index in [-0.39, 0.29) is 5.41 Å². The summed E-state index contributed by atoms with van der Waals surface area (Å²) < 4.78 is 2.23. The number of rotatable bonds is 2. The molecule has 0 fully saturated rings. The number of hydrogen-bond donors (Lipinski definition) is 0. The van der Waals surface area contributed by atoms with Gasteiger partial charge in [0.2, 0.25) is 0 Å². The quantitative estimate of drug-likeness (QED) is 0.669. The van der Waals surface area contributed by atoms with E-state index < -0.39 is 0 Å². The molecule has 2 heteroatoms. The molecule has 0 saturated heterocycles. The minimum atomic E-state index is 0.189. The number of fused-ring (bicyclic) bond motifs is 1. The average Bonchev–Trinajstić information content (AvgIpc) is 2.61. The van der Waals surface area contributed by atoms with Crippen molar-refractivity contribution in [2.24, 2.45) is 0 Å². The fraction of sp³-hybridized carbons (Fsp3) is 0.429. The summed E-state index contributed by atoms with van der Waals surface area (Å²) in [5, 5.41) is 1.35. The summed E-state index contributed by atoms with van der Waals surface area (Å²) >= 11 is 0. The zero-order valence-electron chi connectivity index (χ0n) is 10.3. The Hall–Kier alpha value is -1.18. The summed E-state index contributed by atoms with van der Waals surface area (Å²) in [6.45, 7) is 7.64. The van der Waals surface area contributed by atoms with Crippen LogP contribution in [0.25, 0.3) is 10.9 Å². The van der Waals surface area contributed by atoms with Gasteiger partial charge in [0.05, 0.1) is 7.85 Å². The lowest BCUT2D eigenvalue weighted by molar-refractivity contribution is 0.596. The zero-order chi connectivity index (χ0) is 11.8. The lowest BCUT2D eigenvalue weighted by Gasteiger charge is -2.20. The average molecular weight is 211 g/mol. The first-order valence-electron chi connectivity index (χ1n) is 5.82. The molecule has 0 atom stereocenters. The highest BCUT2D eigenvalue weighted by Gasteiger charge is 2.17. The van der Waals surface area contributed by atoms with Gasteiger partial charge in [0.1, 0.15) is 0 Å². The Bertz CT molecular complexity index is 491. The summed E-state index contributed by atoms with van der Waals surface area (Å²) in [6.07, 6.45) is 2.82. The molecule has 0 spiro atoms. The molecule has 82 valence electrons. The molecule has 1 aromatic heterocycles. The van der Waals surface area contributed by atoms with E-state index in [4.69, 9.17) is 7.85 Å². The van der Waals surface area contributed by atoms with Crippen LogP contribution in [0.1, 0.15) is 26.3 Å². The van der Waals surface area contributed by atoms with Crippen LogP contribution in [-0.4, -0.2) is 12.4 Å². The Morgan fingerprint density at radius 3 is 2.56 bits per heavy atom. The molecule has 1 nitrogen and oxygen atoms in total. The zero-order valence-corrected chi connectivity index (χ0v) is 10.3. The smallest absolute Gasteiger partial charge is 0.0677 e. The van der Waals surface area contributed by atoms with Gasteiger partial charge in [-0.2, -0.15) is 0 Å². The molecule has 0 aliphatic heterocycles. The van der Waals surface area contributed by atoms with Crippen LogP contribution in [-0.2, 0) is 12.0 Å². The second-order valence-corrected chi connectivity index (χ2v) is 5.29. The molecule has 2 rings (SSSR count). The molecule has 0 bridgehead atoms. The molecule has 0 saturated carbocycles.